The first kappa shape index (κ1) is 35.5. The molecule has 9 aromatic carbocycles. The zero-order valence-electron chi connectivity index (χ0n) is 33.6. The molecule has 290 valence electrons. The van der Waals surface area contributed by atoms with Gasteiger partial charge in [0.25, 0.3) is 0 Å². The van der Waals surface area contributed by atoms with Crippen LogP contribution in [0.2, 0.25) is 0 Å². The third-order valence-corrected chi connectivity index (χ3v) is 12.0. The fraction of sp³-hybridized carbons (Fsp3) is 0. The Bertz CT molecular complexity index is 3470. The van der Waals surface area contributed by atoms with Crippen LogP contribution in [-0.4, -0.2) is 24.1 Å². The first-order valence-electron chi connectivity index (χ1n) is 21.0. The molecule has 0 bridgehead atoms. The molecule has 12 rings (SSSR count). The van der Waals surface area contributed by atoms with Gasteiger partial charge < -0.3 is 9.13 Å². The Balaban J connectivity index is 1.00. The van der Waals surface area contributed by atoms with Gasteiger partial charge in [0.05, 0.1) is 22.1 Å². The van der Waals surface area contributed by atoms with Crippen LogP contribution in [0.3, 0.4) is 0 Å². The van der Waals surface area contributed by atoms with Crippen LogP contribution in [0.25, 0.3) is 111 Å². The van der Waals surface area contributed by atoms with E-state index in [2.05, 4.69) is 221 Å². The Morgan fingerprint density at radius 1 is 0.242 bits per heavy atom. The van der Waals surface area contributed by atoms with Crippen LogP contribution in [0.4, 0.5) is 0 Å². The summed E-state index contributed by atoms with van der Waals surface area (Å²) in [5, 5.41) is 4.91. The molecule has 12 aromatic rings. The van der Waals surface area contributed by atoms with Crippen molar-refractivity contribution in [3.8, 4) is 67.8 Å². The minimum Gasteiger partial charge on any atom is -0.309 e. The second-order valence-electron chi connectivity index (χ2n) is 15.6. The van der Waals surface area contributed by atoms with Gasteiger partial charge in [-0.3, -0.25) is 0 Å². The number of rotatable bonds is 7. The van der Waals surface area contributed by atoms with E-state index in [4.69, 9.17) is 15.0 Å². The number of para-hydroxylation sites is 3. The standard InChI is InChI=1S/C57H37N5/c1-3-17-38(18-4-1)43-21-7-9-26-48(43)56-58-55(59-57(60-56)49-27-10-8-22-44(49)39-19-5-2-6-20-39)40-31-33-41(34-32-40)61-53-30-16-13-25-47(53)50-37-42(35-36-54(50)61)62-51-28-14-11-23-45(51)46-24-12-15-29-52(46)62/h1-37H. The van der Waals surface area contributed by atoms with E-state index in [-0.39, 0.29) is 0 Å². The summed E-state index contributed by atoms with van der Waals surface area (Å²) in [6, 6.07) is 79.1. The maximum atomic E-state index is 5.23. The van der Waals surface area contributed by atoms with Gasteiger partial charge in [-0.05, 0) is 82.9 Å². The van der Waals surface area contributed by atoms with Gasteiger partial charge in [0.2, 0.25) is 0 Å². The monoisotopic (exact) mass is 791 g/mol. The topological polar surface area (TPSA) is 48.5 Å². The summed E-state index contributed by atoms with van der Waals surface area (Å²) in [4.78, 5) is 15.7. The first-order valence-corrected chi connectivity index (χ1v) is 21.0. The molecular formula is C57H37N5. The van der Waals surface area contributed by atoms with Crippen molar-refractivity contribution in [1.82, 2.24) is 24.1 Å². The second kappa shape index (κ2) is 14.7. The Morgan fingerprint density at radius 3 is 1.13 bits per heavy atom. The SMILES string of the molecule is c1ccc(-c2ccccc2-c2nc(-c3ccc(-n4c5ccccc5c5cc(-n6c7ccccc7c7ccccc76)ccc54)cc3)nc(-c3ccccc3-c3ccccc3)n2)cc1. The Kier molecular flexibility index (Phi) is 8.42. The van der Waals surface area contributed by atoms with Gasteiger partial charge in [-0.1, -0.05) is 164 Å². The lowest BCUT2D eigenvalue weighted by atomic mass is 9.98. The van der Waals surface area contributed by atoms with E-state index in [9.17, 15) is 0 Å². The van der Waals surface area contributed by atoms with E-state index < -0.39 is 0 Å². The maximum absolute atomic E-state index is 5.23. The Labute approximate surface area is 358 Å². The molecule has 5 heteroatoms. The van der Waals surface area contributed by atoms with Crippen molar-refractivity contribution in [2.24, 2.45) is 0 Å². The van der Waals surface area contributed by atoms with Crippen LogP contribution in [0.5, 0.6) is 0 Å². The van der Waals surface area contributed by atoms with Gasteiger partial charge in [0, 0.05) is 49.6 Å². The number of nitrogens with zero attached hydrogens (tertiary/aromatic N) is 5. The number of benzene rings is 9. The molecule has 0 amide bonds. The molecule has 3 aromatic heterocycles. The Morgan fingerprint density at radius 2 is 0.613 bits per heavy atom. The largest absolute Gasteiger partial charge is 0.309 e. The van der Waals surface area contributed by atoms with Crippen LogP contribution in [0.15, 0.2) is 224 Å². The predicted octanol–water partition coefficient (Wildman–Crippen LogP) is 14.4. The smallest absolute Gasteiger partial charge is 0.164 e. The molecule has 3 heterocycles. The van der Waals surface area contributed by atoms with Gasteiger partial charge in [0.15, 0.2) is 17.5 Å². The fourth-order valence-corrected chi connectivity index (χ4v) is 9.18. The number of aromatic nitrogens is 5. The molecule has 0 saturated carbocycles. The van der Waals surface area contributed by atoms with Crippen molar-refractivity contribution in [2.45, 2.75) is 0 Å². The third kappa shape index (κ3) is 5.90. The van der Waals surface area contributed by atoms with E-state index in [1.165, 1.54) is 32.6 Å². The molecule has 0 fully saturated rings. The lowest BCUT2D eigenvalue weighted by molar-refractivity contribution is 1.07. The molecule has 0 unspecified atom stereocenters. The highest BCUT2D eigenvalue weighted by molar-refractivity contribution is 6.12. The number of fused-ring (bicyclic) bond motifs is 6. The molecule has 0 aliphatic carbocycles. The summed E-state index contributed by atoms with van der Waals surface area (Å²) in [6.07, 6.45) is 0. The van der Waals surface area contributed by atoms with Gasteiger partial charge >= 0.3 is 0 Å². The highest BCUT2D eigenvalue weighted by Gasteiger charge is 2.20. The second-order valence-corrected chi connectivity index (χ2v) is 15.6. The normalized spacial score (nSPS) is 11.5. The summed E-state index contributed by atoms with van der Waals surface area (Å²) >= 11 is 0. The van der Waals surface area contributed by atoms with E-state index in [1.807, 2.05) is 12.1 Å². The van der Waals surface area contributed by atoms with Crippen molar-refractivity contribution in [3.05, 3.63) is 224 Å². The molecule has 0 atom stereocenters. The predicted molar refractivity (Wildman–Crippen MR) is 256 cm³/mol. The molecule has 0 radical (unpaired) electrons. The molecule has 5 nitrogen and oxygen atoms in total. The molecule has 0 aliphatic rings. The van der Waals surface area contributed by atoms with E-state index >= 15 is 0 Å². The van der Waals surface area contributed by atoms with E-state index in [0.717, 1.165) is 61.4 Å². The maximum Gasteiger partial charge on any atom is 0.164 e. The average Bonchev–Trinajstić information content (AvgIpc) is 3.87. The zero-order chi connectivity index (χ0) is 41.0. The van der Waals surface area contributed by atoms with Crippen LogP contribution in [0, 0.1) is 0 Å². The quantitative estimate of drug-likeness (QED) is 0.162. The lowest BCUT2D eigenvalue weighted by Gasteiger charge is -2.14. The van der Waals surface area contributed by atoms with Crippen LogP contribution < -0.4 is 0 Å². The van der Waals surface area contributed by atoms with Crippen LogP contribution in [-0.2, 0) is 0 Å². The third-order valence-electron chi connectivity index (χ3n) is 12.0. The van der Waals surface area contributed by atoms with Gasteiger partial charge in [0.1, 0.15) is 0 Å². The summed E-state index contributed by atoms with van der Waals surface area (Å²) in [5.41, 5.74) is 14.0. The van der Waals surface area contributed by atoms with E-state index in [0.29, 0.717) is 17.5 Å². The van der Waals surface area contributed by atoms with Crippen molar-refractivity contribution in [3.63, 3.8) is 0 Å². The average molecular weight is 792 g/mol. The molecule has 62 heavy (non-hydrogen) atoms. The van der Waals surface area contributed by atoms with Crippen molar-refractivity contribution >= 4 is 43.6 Å². The fourth-order valence-electron chi connectivity index (χ4n) is 9.18. The van der Waals surface area contributed by atoms with Crippen molar-refractivity contribution in [1.29, 1.82) is 0 Å². The van der Waals surface area contributed by atoms with Gasteiger partial charge in [-0.2, -0.15) is 0 Å². The van der Waals surface area contributed by atoms with Crippen molar-refractivity contribution in [2.75, 3.05) is 0 Å². The summed E-state index contributed by atoms with van der Waals surface area (Å²) in [7, 11) is 0. The van der Waals surface area contributed by atoms with Crippen LogP contribution in [0.1, 0.15) is 0 Å². The summed E-state index contributed by atoms with van der Waals surface area (Å²) in [6.45, 7) is 0. The zero-order valence-corrected chi connectivity index (χ0v) is 33.6. The lowest BCUT2D eigenvalue weighted by Crippen LogP contribution is -2.02. The van der Waals surface area contributed by atoms with Crippen LogP contribution >= 0.6 is 0 Å². The minimum absolute atomic E-state index is 0.611. The molecule has 0 spiro atoms. The van der Waals surface area contributed by atoms with Crippen molar-refractivity contribution < 1.29 is 0 Å². The Hall–Kier alpha value is -8.41. The van der Waals surface area contributed by atoms with Gasteiger partial charge in [-0.25, -0.2) is 15.0 Å². The number of hydrogen-bond acceptors (Lipinski definition) is 3. The molecule has 0 aliphatic heterocycles. The molecule has 0 N–H and O–H groups in total. The summed E-state index contributed by atoms with van der Waals surface area (Å²) in [5.74, 6) is 1.86. The highest BCUT2D eigenvalue weighted by Crippen LogP contribution is 2.39. The highest BCUT2D eigenvalue weighted by atomic mass is 15.0. The minimum atomic E-state index is 0.611. The van der Waals surface area contributed by atoms with Gasteiger partial charge in [-0.15, -0.1) is 0 Å². The molecule has 0 saturated heterocycles. The summed E-state index contributed by atoms with van der Waals surface area (Å²) < 4.78 is 4.75. The first-order chi connectivity index (χ1) is 30.8. The van der Waals surface area contributed by atoms with E-state index in [1.54, 1.807) is 0 Å². The number of hydrogen-bond donors (Lipinski definition) is 0. The molecular weight excluding hydrogens is 755 g/mol.